The van der Waals surface area contributed by atoms with Gasteiger partial charge in [0.2, 0.25) is 0 Å². The van der Waals surface area contributed by atoms with E-state index in [9.17, 15) is 14.3 Å². The lowest BCUT2D eigenvalue weighted by Crippen LogP contribution is -2.47. The van der Waals surface area contributed by atoms with E-state index < -0.39 is 24.2 Å². The Labute approximate surface area is 170 Å². The van der Waals surface area contributed by atoms with Crippen LogP contribution in [0.3, 0.4) is 0 Å². The van der Waals surface area contributed by atoms with Crippen molar-refractivity contribution < 1.29 is 13.6 Å². The van der Waals surface area contributed by atoms with Crippen molar-refractivity contribution in [3.8, 4) is 0 Å². The molecule has 0 amide bonds. The number of nitrogens with zero attached hydrogens (tertiary/aromatic N) is 2. The highest BCUT2D eigenvalue weighted by Gasteiger charge is 2.65. The number of benzene rings is 1. The molecular formula is C20H30N2O4SSi. The van der Waals surface area contributed by atoms with Crippen molar-refractivity contribution in [1.82, 2.24) is 0 Å². The largest absolute Gasteiger partial charge is 0.414 e. The van der Waals surface area contributed by atoms with Gasteiger partial charge in [-0.1, -0.05) is 26.0 Å². The molecule has 2 aliphatic rings. The van der Waals surface area contributed by atoms with Crippen LogP contribution < -0.4 is 0 Å². The van der Waals surface area contributed by atoms with Gasteiger partial charge in [-0.2, -0.15) is 4.40 Å². The van der Waals surface area contributed by atoms with Crippen LogP contribution in [0.2, 0.25) is 19.6 Å². The van der Waals surface area contributed by atoms with Crippen molar-refractivity contribution in [2.75, 3.05) is 5.75 Å². The summed E-state index contributed by atoms with van der Waals surface area (Å²) >= 11 is 0. The van der Waals surface area contributed by atoms with Gasteiger partial charge in [-0.3, -0.25) is 10.1 Å². The minimum Gasteiger partial charge on any atom is -0.414 e. The van der Waals surface area contributed by atoms with Gasteiger partial charge in [-0.15, -0.1) is 0 Å². The third-order valence-electron chi connectivity index (χ3n) is 6.63. The number of rotatable bonds is 7. The summed E-state index contributed by atoms with van der Waals surface area (Å²) in [6.45, 7) is 11.2. The Bertz CT molecular complexity index is 821. The van der Waals surface area contributed by atoms with Crippen molar-refractivity contribution in [3.05, 3.63) is 39.9 Å². The molecule has 154 valence electrons. The summed E-state index contributed by atoms with van der Waals surface area (Å²) in [7, 11) is -3.11. The van der Waals surface area contributed by atoms with Crippen molar-refractivity contribution >= 4 is 31.2 Å². The van der Waals surface area contributed by atoms with Crippen molar-refractivity contribution in [1.29, 1.82) is 0 Å². The van der Waals surface area contributed by atoms with Crippen LogP contribution in [-0.2, 0) is 15.4 Å². The summed E-state index contributed by atoms with van der Waals surface area (Å²) in [6.07, 6.45) is 4.86. The molecule has 1 aromatic carbocycles. The standard InChI is InChI=1S/C20H30N2O4SSi/c1-19(2)16-9-10-20(19,18(12-16)26-28(3,4)5)14-27(25)21-13-15-7-6-8-17(11-15)22(23)24/h6-8,11,13,16,18H,9-10,12,14H2,1-5H3/b21-13+/t16-,18-,20-,27+/m1/s1. The second-order valence-corrected chi connectivity index (χ2v) is 15.2. The maximum Gasteiger partial charge on any atom is 0.270 e. The first-order valence-corrected chi connectivity index (χ1v) is 14.5. The first-order chi connectivity index (χ1) is 12.9. The number of non-ortho nitro benzene ring substituents is 1. The number of nitro groups is 1. The van der Waals surface area contributed by atoms with Gasteiger partial charge in [-0.05, 0) is 50.2 Å². The Morgan fingerprint density at radius 1 is 1.39 bits per heavy atom. The van der Waals surface area contributed by atoms with Crippen molar-refractivity contribution in [2.24, 2.45) is 21.1 Å². The molecule has 0 saturated heterocycles. The molecule has 0 heterocycles. The Balaban J connectivity index is 1.79. The highest BCUT2D eigenvalue weighted by Crippen LogP contribution is 2.67. The van der Waals surface area contributed by atoms with E-state index in [1.54, 1.807) is 12.1 Å². The van der Waals surface area contributed by atoms with Gasteiger partial charge < -0.3 is 4.43 Å². The van der Waals surface area contributed by atoms with E-state index in [1.165, 1.54) is 18.3 Å². The molecule has 2 fully saturated rings. The zero-order chi connectivity index (χ0) is 20.7. The van der Waals surface area contributed by atoms with Gasteiger partial charge in [-0.25, -0.2) is 4.21 Å². The van der Waals surface area contributed by atoms with Gasteiger partial charge in [0.15, 0.2) is 8.32 Å². The van der Waals surface area contributed by atoms with Gasteiger partial charge in [0, 0.05) is 29.3 Å². The predicted molar refractivity (Wildman–Crippen MR) is 115 cm³/mol. The average molecular weight is 423 g/mol. The highest BCUT2D eigenvalue weighted by molar-refractivity contribution is 7.83. The van der Waals surface area contributed by atoms with E-state index in [2.05, 4.69) is 37.9 Å². The molecule has 0 N–H and O–H groups in total. The minimum absolute atomic E-state index is 0.00693. The second-order valence-electron chi connectivity index (χ2n) is 9.62. The smallest absolute Gasteiger partial charge is 0.270 e. The molecule has 28 heavy (non-hydrogen) atoms. The molecule has 0 aromatic heterocycles. The van der Waals surface area contributed by atoms with E-state index in [0.29, 0.717) is 17.2 Å². The van der Waals surface area contributed by atoms with E-state index in [1.807, 2.05) is 0 Å². The molecule has 4 atom stereocenters. The number of fused-ring (bicyclic) bond motifs is 2. The normalized spacial score (nSPS) is 30.0. The maximum atomic E-state index is 12.9. The van der Waals surface area contributed by atoms with Crippen LogP contribution in [0.4, 0.5) is 5.69 Å². The van der Waals surface area contributed by atoms with Crippen LogP contribution in [0, 0.1) is 26.9 Å². The molecule has 0 spiro atoms. The summed E-state index contributed by atoms with van der Waals surface area (Å²) in [5.41, 5.74) is 0.550. The molecule has 2 saturated carbocycles. The SMILES string of the molecule is CC1(C)[C@@H]2CC[C@@]1(C[S@](=O)/N=C/c1cccc([N+](=O)[O-])c1)[C@H](O[Si](C)(C)C)C2. The van der Waals surface area contributed by atoms with Crippen LogP contribution >= 0.6 is 0 Å². The van der Waals surface area contributed by atoms with Crippen molar-refractivity contribution in [2.45, 2.75) is 58.9 Å². The van der Waals surface area contributed by atoms with E-state index in [0.717, 1.165) is 19.3 Å². The first-order valence-electron chi connectivity index (χ1n) is 9.79. The summed E-state index contributed by atoms with van der Waals surface area (Å²) < 4.78 is 23.7. The van der Waals surface area contributed by atoms with E-state index in [-0.39, 0.29) is 22.6 Å². The molecule has 0 radical (unpaired) electrons. The summed E-state index contributed by atoms with van der Waals surface area (Å²) in [5, 5.41) is 10.9. The molecular weight excluding hydrogens is 392 g/mol. The number of hydrogen-bond donors (Lipinski definition) is 0. The molecule has 0 aliphatic heterocycles. The van der Waals surface area contributed by atoms with Gasteiger partial charge in [0.1, 0.15) is 11.0 Å². The minimum atomic E-state index is -1.71. The molecule has 6 nitrogen and oxygen atoms in total. The van der Waals surface area contributed by atoms with Crippen LogP contribution in [0.15, 0.2) is 28.7 Å². The zero-order valence-electron chi connectivity index (χ0n) is 17.3. The Morgan fingerprint density at radius 3 is 2.71 bits per heavy atom. The molecule has 2 aliphatic carbocycles. The lowest BCUT2D eigenvalue weighted by atomic mass is 9.70. The van der Waals surface area contributed by atoms with Crippen LogP contribution in [-0.4, -0.2) is 35.5 Å². The Hall–Kier alpha value is -1.38. The Kier molecular flexibility index (Phi) is 5.68. The van der Waals surface area contributed by atoms with Crippen molar-refractivity contribution in [3.63, 3.8) is 0 Å². The van der Waals surface area contributed by atoms with Gasteiger partial charge in [0.05, 0.1) is 16.8 Å². The third kappa shape index (κ3) is 4.00. The van der Waals surface area contributed by atoms with Crippen LogP contribution in [0.25, 0.3) is 0 Å². The predicted octanol–water partition coefficient (Wildman–Crippen LogP) is 4.72. The van der Waals surface area contributed by atoms with Gasteiger partial charge in [0.25, 0.3) is 5.69 Å². The molecule has 0 unspecified atom stereocenters. The fourth-order valence-corrected chi connectivity index (χ4v) is 7.66. The van der Waals surface area contributed by atoms with E-state index in [4.69, 9.17) is 4.43 Å². The fraction of sp³-hybridized carbons (Fsp3) is 0.650. The van der Waals surface area contributed by atoms with Crippen LogP contribution in [0.1, 0.15) is 38.7 Å². The number of hydrogen-bond acceptors (Lipinski definition) is 4. The lowest BCUT2D eigenvalue weighted by Gasteiger charge is -2.43. The second kappa shape index (κ2) is 7.46. The summed E-state index contributed by atoms with van der Waals surface area (Å²) in [4.78, 5) is 10.5. The Morgan fingerprint density at radius 2 is 2.11 bits per heavy atom. The maximum absolute atomic E-state index is 12.9. The first kappa shape index (κ1) is 21.3. The fourth-order valence-electron chi connectivity index (χ4n) is 5.03. The molecule has 1 aromatic rings. The lowest BCUT2D eigenvalue weighted by molar-refractivity contribution is -0.384. The van der Waals surface area contributed by atoms with Crippen LogP contribution in [0.5, 0.6) is 0 Å². The summed E-state index contributed by atoms with van der Waals surface area (Å²) in [6, 6.07) is 6.22. The number of nitro benzene ring substituents is 1. The average Bonchev–Trinajstić information content (AvgIpc) is 2.93. The third-order valence-corrected chi connectivity index (χ3v) is 8.73. The zero-order valence-corrected chi connectivity index (χ0v) is 19.1. The molecule has 3 rings (SSSR count). The summed E-state index contributed by atoms with van der Waals surface area (Å²) in [5.74, 6) is 1.09. The highest BCUT2D eigenvalue weighted by atomic mass is 32.2. The molecule has 8 heteroatoms. The van der Waals surface area contributed by atoms with Gasteiger partial charge >= 0.3 is 0 Å². The topological polar surface area (TPSA) is 81.8 Å². The molecule has 2 bridgehead atoms. The monoisotopic (exact) mass is 422 g/mol. The van der Waals surface area contributed by atoms with E-state index >= 15 is 0 Å². The quantitative estimate of drug-likeness (QED) is 0.275.